The number of benzene rings is 4. The highest BCUT2D eigenvalue weighted by atomic mass is 35.5. The number of rotatable bonds is 17. The molecule has 4 aromatic rings. The number of anilines is 1. The summed E-state index contributed by atoms with van der Waals surface area (Å²) < 4.78 is 49.2. The van der Waals surface area contributed by atoms with Crippen LogP contribution < -0.4 is 31.5 Å². The fraction of sp³-hybridized carbons (Fsp3) is 0.429. The van der Waals surface area contributed by atoms with Crippen molar-refractivity contribution in [2.45, 2.75) is 90.5 Å². The Bertz CT molecular complexity index is 2680. The van der Waals surface area contributed by atoms with Gasteiger partial charge in [-0.05, 0) is 101 Å². The van der Waals surface area contributed by atoms with Crippen molar-refractivity contribution < 1.29 is 61.0 Å². The molecule has 0 radical (unpaired) electrons. The number of piperazine rings is 2. The Balaban J connectivity index is 0.000000296. The first-order valence-corrected chi connectivity index (χ1v) is 26.3. The molecule has 0 aromatic heterocycles. The number of carbonyl (C=O) groups excluding carboxylic acids is 8. The Morgan fingerprint density at radius 3 is 1.33 bits per heavy atom. The van der Waals surface area contributed by atoms with E-state index < -0.39 is 64.4 Å². The molecule has 4 aromatic carbocycles. The van der Waals surface area contributed by atoms with Crippen LogP contribution in [0.4, 0.5) is 28.4 Å². The smallest absolute Gasteiger partial charge is 0.407 e. The topological polar surface area (TPSA) is 225 Å². The summed E-state index contributed by atoms with van der Waals surface area (Å²) >= 11 is 11.9. The molecule has 23 heteroatoms. The van der Waals surface area contributed by atoms with E-state index in [4.69, 9.17) is 32.7 Å². The van der Waals surface area contributed by atoms with Crippen molar-refractivity contribution in [2.24, 2.45) is 0 Å². The number of alkyl carbamates (subject to hydrolysis) is 2. The maximum atomic E-state index is 14.1. The highest BCUT2D eigenvalue weighted by molar-refractivity contribution is 6.30. The van der Waals surface area contributed by atoms with Crippen LogP contribution in [0.5, 0.6) is 0 Å². The standard InChI is InChI=1S/C28H34ClFN4O5.C21H31ClN4O4.C7H4F2O/c1-28(2,3)39-27(38)31-12-11-25(36)32-23(17-19-7-9-20(29)10-8-19)26(37)34-15-13-33(14-16-34)24-6-4-5-22(30)21(24)18-35;1-21(2,3)30-20(29)24-9-8-18(27)25-17(14-15-4-6-16(22)7-5-15)19(28)26-12-10-23-11-13-26;8-6-2-1-3-7(9)5(6)4-10/h4-10,18,23H,11-17H2,1-3H3,(H,31,38)(H,32,36);4-7,17,23H,8-14H2,1-3H3,(H,24,29)(H,25,27);1-4H. The number of hydrogen-bond donors (Lipinski definition) is 5. The van der Waals surface area contributed by atoms with Gasteiger partial charge >= 0.3 is 12.2 Å². The quantitative estimate of drug-likeness (QED) is 0.0670. The predicted molar refractivity (Wildman–Crippen MR) is 294 cm³/mol. The molecule has 2 heterocycles. The van der Waals surface area contributed by atoms with E-state index in [-0.39, 0.29) is 61.9 Å². The number of nitrogens with zero attached hydrogens (tertiary/aromatic N) is 3. The second-order valence-electron chi connectivity index (χ2n) is 20.2. The molecule has 0 saturated carbocycles. The van der Waals surface area contributed by atoms with Crippen LogP contribution in [0.25, 0.3) is 0 Å². The lowest BCUT2D eigenvalue weighted by Crippen LogP contribution is -2.56. The van der Waals surface area contributed by atoms with E-state index in [0.29, 0.717) is 67.7 Å². The van der Waals surface area contributed by atoms with Crippen molar-refractivity contribution in [1.82, 2.24) is 36.4 Å². The molecule has 2 aliphatic rings. The van der Waals surface area contributed by atoms with E-state index in [2.05, 4.69) is 26.6 Å². The first-order chi connectivity index (χ1) is 37.4. The van der Waals surface area contributed by atoms with Gasteiger partial charge in [-0.2, -0.15) is 0 Å². The monoisotopic (exact) mass is 1140 g/mol. The number of nitrogens with one attached hydrogen (secondary N) is 5. The fourth-order valence-electron chi connectivity index (χ4n) is 7.87. The minimum atomic E-state index is -0.841. The predicted octanol–water partition coefficient (Wildman–Crippen LogP) is 7.07. The molecule has 0 aliphatic carbocycles. The largest absolute Gasteiger partial charge is 0.444 e. The molecule has 2 unspecified atom stereocenters. The summed E-state index contributed by atoms with van der Waals surface area (Å²) in [5, 5.41) is 15.1. The first kappa shape index (κ1) is 64.3. The normalized spacial score (nSPS) is 14.1. The Hall–Kier alpha value is -7.23. The van der Waals surface area contributed by atoms with E-state index >= 15 is 0 Å². The molecule has 18 nitrogen and oxygen atoms in total. The van der Waals surface area contributed by atoms with Crippen LogP contribution in [-0.4, -0.2) is 147 Å². The van der Waals surface area contributed by atoms with Gasteiger partial charge in [0.1, 0.15) is 40.7 Å². The van der Waals surface area contributed by atoms with Crippen LogP contribution >= 0.6 is 23.2 Å². The molecule has 2 atom stereocenters. The van der Waals surface area contributed by atoms with Crippen molar-refractivity contribution >= 4 is 77.3 Å². The van der Waals surface area contributed by atoms with Crippen LogP contribution in [0.1, 0.15) is 86.2 Å². The number of carbonyl (C=O) groups is 8. The average molecular weight is 1140 g/mol. The number of ether oxygens (including phenoxy) is 2. The highest BCUT2D eigenvalue weighted by Crippen LogP contribution is 2.24. The molecule has 2 aliphatic heterocycles. The number of aldehydes is 2. The van der Waals surface area contributed by atoms with Gasteiger partial charge in [-0.25, -0.2) is 22.8 Å². The average Bonchev–Trinajstić information content (AvgIpc) is 3.40. The lowest BCUT2D eigenvalue weighted by molar-refractivity contribution is -0.137. The lowest BCUT2D eigenvalue weighted by Gasteiger charge is -2.38. The zero-order valence-electron chi connectivity index (χ0n) is 45.1. The van der Waals surface area contributed by atoms with Crippen LogP contribution in [0.2, 0.25) is 10.0 Å². The zero-order valence-corrected chi connectivity index (χ0v) is 46.6. The molecular weight excluding hydrogens is 1070 g/mol. The molecule has 79 heavy (non-hydrogen) atoms. The minimum absolute atomic E-state index is 0.00912. The van der Waals surface area contributed by atoms with E-state index in [1.165, 1.54) is 12.1 Å². The minimum Gasteiger partial charge on any atom is -0.444 e. The van der Waals surface area contributed by atoms with Crippen LogP contribution in [0, 0.1) is 17.5 Å². The van der Waals surface area contributed by atoms with E-state index in [1.807, 2.05) is 17.0 Å². The zero-order chi connectivity index (χ0) is 58.3. The van der Waals surface area contributed by atoms with Gasteiger partial charge in [-0.15, -0.1) is 0 Å². The molecule has 0 bridgehead atoms. The summed E-state index contributed by atoms with van der Waals surface area (Å²) in [5.74, 6) is -3.31. The van der Waals surface area contributed by atoms with Crippen LogP contribution in [-0.2, 0) is 41.5 Å². The van der Waals surface area contributed by atoms with E-state index in [9.17, 15) is 51.5 Å². The third-order valence-corrected chi connectivity index (χ3v) is 12.1. The second-order valence-corrected chi connectivity index (χ2v) is 21.1. The molecule has 5 N–H and O–H groups in total. The second kappa shape index (κ2) is 31.4. The summed E-state index contributed by atoms with van der Waals surface area (Å²) in [7, 11) is 0. The molecule has 428 valence electrons. The van der Waals surface area contributed by atoms with E-state index in [0.717, 1.165) is 36.3 Å². The van der Waals surface area contributed by atoms with Crippen LogP contribution in [0.3, 0.4) is 0 Å². The summed E-state index contributed by atoms with van der Waals surface area (Å²) in [5.41, 5.74) is 0.425. The van der Waals surface area contributed by atoms with Crippen molar-refractivity contribution in [1.29, 1.82) is 0 Å². The van der Waals surface area contributed by atoms with Gasteiger partial charge in [0.05, 0.1) is 16.8 Å². The maximum Gasteiger partial charge on any atom is 0.407 e. The van der Waals surface area contributed by atoms with Crippen molar-refractivity contribution in [3.8, 4) is 0 Å². The molecule has 0 spiro atoms. The first-order valence-electron chi connectivity index (χ1n) is 25.5. The Labute approximate surface area is 468 Å². The summed E-state index contributed by atoms with van der Waals surface area (Å²) in [6.45, 7) is 14.8. The van der Waals surface area contributed by atoms with Gasteiger partial charge < -0.3 is 50.8 Å². The van der Waals surface area contributed by atoms with E-state index in [1.54, 1.807) is 99.9 Å². The number of hydrogen-bond acceptors (Lipinski definition) is 12. The van der Waals surface area contributed by atoms with Crippen molar-refractivity contribution in [3.05, 3.63) is 135 Å². The summed E-state index contributed by atoms with van der Waals surface area (Å²) in [4.78, 5) is 102. The van der Waals surface area contributed by atoms with Gasteiger partial charge in [-0.3, -0.25) is 28.8 Å². The number of amides is 6. The Morgan fingerprint density at radius 2 is 0.949 bits per heavy atom. The third kappa shape index (κ3) is 22.9. The Kier molecular flexibility index (Phi) is 25.5. The number of halogens is 5. The summed E-state index contributed by atoms with van der Waals surface area (Å²) in [6, 6.07) is 20.4. The maximum absolute atomic E-state index is 14.1. The van der Waals surface area contributed by atoms with Gasteiger partial charge in [0.25, 0.3) is 0 Å². The fourth-order valence-corrected chi connectivity index (χ4v) is 8.12. The Morgan fingerprint density at radius 1 is 0.570 bits per heavy atom. The van der Waals surface area contributed by atoms with Crippen molar-refractivity contribution in [2.75, 3.05) is 70.3 Å². The SMILES string of the molecule is CC(C)(C)OC(=O)NCCC(=O)NC(Cc1ccc(Cl)cc1)C(=O)N1CCN(c2cccc(F)c2C=O)CC1.CC(C)(C)OC(=O)NCCC(=O)NC(Cc1ccc(Cl)cc1)C(=O)N1CCNCC1.O=Cc1c(F)cccc1F. The van der Waals surface area contributed by atoms with Gasteiger partial charge in [-0.1, -0.05) is 59.6 Å². The molecule has 6 rings (SSSR count). The lowest BCUT2D eigenvalue weighted by atomic mass is 10.0. The van der Waals surface area contributed by atoms with Crippen LogP contribution in [0.15, 0.2) is 84.9 Å². The molecular formula is C56H69Cl2F3N8O10. The van der Waals surface area contributed by atoms with Gasteiger partial charge in [0.2, 0.25) is 23.6 Å². The van der Waals surface area contributed by atoms with Gasteiger partial charge in [0.15, 0.2) is 12.6 Å². The summed E-state index contributed by atoms with van der Waals surface area (Å²) in [6.07, 6.45) is 0.0768. The van der Waals surface area contributed by atoms with Crippen molar-refractivity contribution in [3.63, 3.8) is 0 Å². The molecule has 2 saturated heterocycles. The molecule has 2 fully saturated rings. The van der Waals surface area contributed by atoms with Gasteiger partial charge in [0, 0.05) is 101 Å². The molecule has 6 amide bonds. The third-order valence-electron chi connectivity index (χ3n) is 11.6. The highest BCUT2D eigenvalue weighted by Gasteiger charge is 2.31.